The van der Waals surface area contributed by atoms with Gasteiger partial charge in [0.1, 0.15) is 0 Å². The minimum absolute atomic E-state index is 0.0267. The molecule has 1 aromatic carbocycles. The first-order chi connectivity index (χ1) is 14.0. The third kappa shape index (κ3) is 6.98. The Hall–Kier alpha value is -1.62. The van der Waals surface area contributed by atoms with Crippen molar-refractivity contribution in [2.24, 2.45) is 0 Å². The highest BCUT2D eigenvalue weighted by atomic mass is 32.2. The molecule has 3 rings (SSSR count). The van der Waals surface area contributed by atoms with Crippen LogP contribution in [0.25, 0.3) is 0 Å². The Bertz CT molecular complexity index is 820. The summed E-state index contributed by atoms with van der Waals surface area (Å²) in [6.07, 6.45) is 0. The molecule has 1 aliphatic heterocycles. The number of amides is 2. The number of hydrogen-bond acceptors (Lipinski definition) is 8. The van der Waals surface area contributed by atoms with Crippen molar-refractivity contribution in [2.75, 3.05) is 49.5 Å². The molecule has 1 fully saturated rings. The number of carbonyl (C=O) groups is 2. The molecule has 0 atom stereocenters. The van der Waals surface area contributed by atoms with Crippen LogP contribution in [-0.2, 0) is 9.59 Å². The molecular formula is C19H25N5O2S3. The zero-order chi connectivity index (χ0) is 20.6. The summed E-state index contributed by atoms with van der Waals surface area (Å²) in [5, 5.41) is 11.2. The Morgan fingerprint density at radius 2 is 1.72 bits per heavy atom. The number of nitrogens with one attached hydrogen (secondary N) is 1. The van der Waals surface area contributed by atoms with Crippen LogP contribution in [0.15, 0.2) is 32.9 Å². The minimum atomic E-state index is -0.0267. The summed E-state index contributed by atoms with van der Waals surface area (Å²) < 4.78 is 1.78. The van der Waals surface area contributed by atoms with Crippen LogP contribution in [0.4, 0.5) is 5.69 Å². The van der Waals surface area contributed by atoms with Gasteiger partial charge in [0.15, 0.2) is 8.68 Å². The first-order valence-electron chi connectivity index (χ1n) is 9.49. The SMILES string of the molecule is CCSc1nnc(SCC(=O)N2CCN(CC(=O)Nc3ccc(C)cc3)CC2)s1. The molecule has 0 aliphatic carbocycles. The number of aryl methyl sites for hydroxylation is 1. The topological polar surface area (TPSA) is 78.4 Å². The smallest absolute Gasteiger partial charge is 0.238 e. The average molecular weight is 452 g/mol. The number of hydrogen-bond donors (Lipinski definition) is 1. The second-order valence-electron chi connectivity index (χ2n) is 6.63. The number of benzene rings is 1. The molecule has 0 radical (unpaired) electrons. The van der Waals surface area contributed by atoms with E-state index >= 15 is 0 Å². The van der Waals surface area contributed by atoms with Crippen LogP contribution >= 0.6 is 34.9 Å². The Morgan fingerprint density at radius 1 is 1.07 bits per heavy atom. The van der Waals surface area contributed by atoms with Gasteiger partial charge in [0.05, 0.1) is 12.3 Å². The maximum absolute atomic E-state index is 12.5. The molecule has 1 aromatic heterocycles. The molecule has 156 valence electrons. The van der Waals surface area contributed by atoms with Crippen LogP contribution in [0.5, 0.6) is 0 Å². The first-order valence-corrected chi connectivity index (χ1v) is 12.3. The maximum atomic E-state index is 12.5. The van der Waals surface area contributed by atoms with E-state index in [0.717, 1.165) is 25.7 Å². The highest BCUT2D eigenvalue weighted by Gasteiger charge is 2.22. The van der Waals surface area contributed by atoms with E-state index in [0.29, 0.717) is 38.5 Å². The highest BCUT2D eigenvalue weighted by molar-refractivity contribution is 8.03. The molecule has 29 heavy (non-hydrogen) atoms. The largest absolute Gasteiger partial charge is 0.339 e. The Labute approximate surface area is 183 Å². The van der Waals surface area contributed by atoms with Gasteiger partial charge in [-0.25, -0.2) is 0 Å². The second kappa shape index (κ2) is 11.0. The fourth-order valence-corrected chi connectivity index (χ4v) is 5.67. The molecule has 0 bridgehead atoms. The highest BCUT2D eigenvalue weighted by Crippen LogP contribution is 2.28. The minimum Gasteiger partial charge on any atom is -0.339 e. The van der Waals surface area contributed by atoms with Gasteiger partial charge in [-0.1, -0.05) is 59.5 Å². The van der Waals surface area contributed by atoms with E-state index in [1.54, 1.807) is 11.8 Å². The molecule has 2 amide bonds. The summed E-state index contributed by atoms with van der Waals surface area (Å²) >= 11 is 4.64. The van der Waals surface area contributed by atoms with E-state index in [-0.39, 0.29) is 11.8 Å². The molecule has 7 nitrogen and oxygen atoms in total. The van der Waals surface area contributed by atoms with Crippen molar-refractivity contribution in [2.45, 2.75) is 22.5 Å². The van der Waals surface area contributed by atoms with Crippen molar-refractivity contribution in [3.63, 3.8) is 0 Å². The third-order valence-electron chi connectivity index (χ3n) is 4.40. The number of anilines is 1. The number of aromatic nitrogens is 2. The van der Waals surface area contributed by atoms with Crippen molar-refractivity contribution in [1.82, 2.24) is 20.0 Å². The Morgan fingerprint density at radius 3 is 2.38 bits per heavy atom. The van der Waals surface area contributed by atoms with Gasteiger partial charge in [0.25, 0.3) is 0 Å². The fourth-order valence-electron chi connectivity index (χ4n) is 2.85. The summed E-state index contributed by atoms with van der Waals surface area (Å²) in [6, 6.07) is 7.76. The standard InChI is InChI=1S/C19H25N5O2S3/c1-3-27-18-21-22-19(29-18)28-13-17(26)24-10-8-23(9-11-24)12-16(25)20-15-6-4-14(2)5-7-15/h4-7H,3,8-13H2,1-2H3,(H,20,25). The zero-order valence-electron chi connectivity index (χ0n) is 16.6. The van der Waals surface area contributed by atoms with Gasteiger partial charge >= 0.3 is 0 Å². The van der Waals surface area contributed by atoms with Crippen molar-refractivity contribution in [1.29, 1.82) is 0 Å². The lowest BCUT2D eigenvalue weighted by Gasteiger charge is -2.34. The van der Waals surface area contributed by atoms with Crippen molar-refractivity contribution >= 4 is 52.4 Å². The quantitative estimate of drug-likeness (QED) is 0.618. The summed E-state index contributed by atoms with van der Waals surface area (Å²) in [5.74, 6) is 1.42. The number of thioether (sulfide) groups is 2. The molecule has 2 heterocycles. The lowest BCUT2D eigenvalue weighted by molar-refractivity contribution is -0.130. The van der Waals surface area contributed by atoms with Crippen molar-refractivity contribution in [3.8, 4) is 0 Å². The van der Waals surface area contributed by atoms with Crippen molar-refractivity contribution in [3.05, 3.63) is 29.8 Å². The van der Waals surface area contributed by atoms with Crippen LogP contribution < -0.4 is 5.32 Å². The van der Waals surface area contributed by atoms with Gasteiger partial charge in [-0.15, -0.1) is 10.2 Å². The zero-order valence-corrected chi connectivity index (χ0v) is 19.0. The molecule has 1 aliphatic rings. The van der Waals surface area contributed by atoms with Crippen LogP contribution in [0.3, 0.4) is 0 Å². The first kappa shape index (κ1) is 22.1. The van der Waals surface area contributed by atoms with Gasteiger partial charge in [-0.2, -0.15) is 0 Å². The van der Waals surface area contributed by atoms with Crippen LogP contribution in [-0.4, -0.2) is 76.0 Å². The van der Waals surface area contributed by atoms with E-state index in [2.05, 4.69) is 27.3 Å². The van der Waals surface area contributed by atoms with Crippen LogP contribution in [0.1, 0.15) is 12.5 Å². The molecule has 0 unspecified atom stereocenters. The van der Waals surface area contributed by atoms with Gasteiger partial charge in [-0.3, -0.25) is 14.5 Å². The molecular weight excluding hydrogens is 426 g/mol. The van der Waals surface area contributed by atoms with Gasteiger partial charge in [0, 0.05) is 31.9 Å². The third-order valence-corrected chi connectivity index (χ3v) is 7.46. The Balaban J connectivity index is 1.37. The lowest BCUT2D eigenvalue weighted by Crippen LogP contribution is -2.50. The maximum Gasteiger partial charge on any atom is 0.238 e. The molecule has 1 saturated heterocycles. The number of nitrogens with zero attached hydrogens (tertiary/aromatic N) is 4. The van der Waals surface area contributed by atoms with Crippen LogP contribution in [0.2, 0.25) is 0 Å². The van der Waals surface area contributed by atoms with Gasteiger partial charge in [0.2, 0.25) is 11.8 Å². The van der Waals surface area contributed by atoms with E-state index in [4.69, 9.17) is 0 Å². The predicted molar refractivity (Wildman–Crippen MR) is 120 cm³/mol. The Kier molecular flexibility index (Phi) is 8.34. The monoisotopic (exact) mass is 451 g/mol. The normalized spacial score (nSPS) is 14.8. The molecule has 1 N–H and O–H groups in total. The van der Waals surface area contributed by atoms with E-state index in [9.17, 15) is 9.59 Å². The average Bonchev–Trinajstić information content (AvgIpc) is 3.16. The van der Waals surface area contributed by atoms with Crippen LogP contribution in [0, 0.1) is 6.92 Å². The van der Waals surface area contributed by atoms with E-state index in [1.165, 1.54) is 23.1 Å². The summed E-state index contributed by atoms with van der Waals surface area (Å²) in [6.45, 7) is 7.12. The van der Waals surface area contributed by atoms with E-state index < -0.39 is 0 Å². The molecule has 10 heteroatoms. The molecule has 0 spiro atoms. The summed E-state index contributed by atoms with van der Waals surface area (Å²) in [7, 11) is 0. The van der Waals surface area contributed by atoms with Crippen molar-refractivity contribution < 1.29 is 9.59 Å². The number of rotatable bonds is 8. The summed E-state index contributed by atoms with van der Waals surface area (Å²) in [4.78, 5) is 28.6. The number of carbonyl (C=O) groups excluding carboxylic acids is 2. The predicted octanol–water partition coefficient (Wildman–Crippen LogP) is 2.83. The lowest BCUT2D eigenvalue weighted by atomic mass is 10.2. The number of piperazine rings is 1. The van der Waals surface area contributed by atoms with Gasteiger partial charge in [-0.05, 0) is 24.8 Å². The molecule has 0 saturated carbocycles. The molecule has 2 aromatic rings. The van der Waals surface area contributed by atoms with Gasteiger partial charge < -0.3 is 10.2 Å². The van der Waals surface area contributed by atoms with E-state index in [1.807, 2.05) is 36.1 Å². The second-order valence-corrected chi connectivity index (χ2v) is 10.3. The summed E-state index contributed by atoms with van der Waals surface area (Å²) in [5.41, 5.74) is 1.97. The fraction of sp³-hybridized carbons (Fsp3) is 0.474.